The standard InChI is InChI=1S/C8H10FO3PS/c1-13(2,10)7-4-3-5-8(6-7)14(9,11)12/h3-6H,1-2H3. The summed E-state index contributed by atoms with van der Waals surface area (Å²) in [7, 11) is -7.25. The lowest BCUT2D eigenvalue weighted by molar-refractivity contribution is 0.552. The third-order valence-corrected chi connectivity index (χ3v) is 4.06. The summed E-state index contributed by atoms with van der Waals surface area (Å²) in [4.78, 5) is -0.445. The summed E-state index contributed by atoms with van der Waals surface area (Å²) in [6.07, 6.45) is 0. The normalized spacial score (nSPS) is 12.8. The largest absolute Gasteiger partial charge is 0.332 e. The van der Waals surface area contributed by atoms with Crippen LogP contribution in [0.5, 0.6) is 0 Å². The van der Waals surface area contributed by atoms with Gasteiger partial charge in [-0.25, -0.2) is 0 Å². The van der Waals surface area contributed by atoms with Crippen LogP contribution in [0.2, 0.25) is 0 Å². The Bertz CT molecular complexity index is 489. The second-order valence-corrected chi connectivity index (χ2v) is 7.85. The summed E-state index contributed by atoms with van der Waals surface area (Å²) in [5, 5.41) is 0.358. The zero-order chi connectivity index (χ0) is 11.0. The summed E-state index contributed by atoms with van der Waals surface area (Å²) in [5.41, 5.74) is 0. The fourth-order valence-corrected chi connectivity index (χ4v) is 2.46. The monoisotopic (exact) mass is 236 g/mol. The first-order valence-electron chi connectivity index (χ1n) is 3.81. The molecule has 0 bridgehead atoms. The van der Waals surface area contributed by atoms with E-state index in [-0.39, 0.29) is 0 Å². The summed E-state index contributed by atoms with van der Waals surface area (Å²) >= 11 is 0. The van der Waals surface area contributed by atoms with E-state index in [9.17, 15) is 16.9 Å². The van der Waals surface area contributed by atoms with Crippen molar-refractivity contribution >= 4 is 22.7 Å². The highest BCUT2D eigenvalue weighted by Crippen LogP contribution is 2.34. The highest BCUT2D eigenvalue weighted by Gasteiger charge is 2.16. The third kappa shape index (κ3) is 2.66. The van der Waals surface area contributed by atoms with Crippen LogP contribution in [0.3, 0.4) is 0 Å². The lowest BCUT2D eigenvalue weighted by atomic mass is 10.4. The topological polar surface area (TPSA) is 51.2 Å². The molecule has 0 spiro atoms. The molecular formula is C8H10FO3PS. The van der Waals surface area contributed by atoms with Gasteiger partial charge >= 0.3 is 10.2 Å². The third-order valence-electron chi connectivity index (χ3n) is 1.72. The molecule has 78 valence electrons. The average Bonchev–Trinajstić information content (AvgIpc) is 2.01. The van der Waals surface area contributed by atoms with E-state index in [1.807, 2.05) is 0 Å². The van der Waals surface area contributed by atoms with Crippen LogP contribution >= 0.6 is 7.14 Å². The molecule has 1 rings (SSSR count). The maximum Gasteiger partial charge on any atom is 0.332 e. The number of halogens is 1. The van der Waals surface area contributed by atoms with E-state index < -0.39 is 22.3 Å². The second-order valence-electron chi connectivity index (χ2n) is 3.29. The van der Waals surface area contributed by atoms with E-state index in [0.717, 1.165) is 12.1 Å². The van der Waals surface area contributed by atoms with E-state index >= 15 is 0 Å². The molecule has 1 aromatic rings. The average molecular weight is 236 g/mol. The van der Waals surface area contributed by atoms with Gasteiger partial charge in [-0.05, 0) is 25.5 Å². The molecule has 0 fully saturated rings. The summed E-state index contributed by atoms with van der Waals surface area (Å²) in [6.45, 7) is 2.99. The number of hydrogen-bond acceptors (Lipinski definition) is 3. The van der Waals surface area contributed by atoms with E-state index in [0.29, 0.717) is 5.30 Å². The summed E-state index contributed by atoms with van der Waals surface area (Å²) < 4.78 is 45.3. The Hall–Kier alpha value is -0.670. The molecule has 0 aromatic heterocycles. The van der Waals surface area contributed by atoms with Crippen LogP contribution in [0.1, 0.15) is 0 Å². The van der Waals surface area contributed by atoms with Gasteiger partial charge in [-0.3, -0.25) is 0 Å². The van der Waals surface area contributed by atoms with Crippen molar-refractivity contribution in [2.45, 2.75) is 4.90 Å². The van der Waals surface area contributed by atoms with Gasteiger partial charge in [0.05, 0.1) is 4.90 Å². The molecule has 0 aliphatic carbocycles. The van der Waals surface area contributed by atoms with Crippen molar-refractivity contribution in [2.75, 3.05) is 13.3 Å². The van der Waals surface area contributed by atoms with Crippen molar-refractivity contribution in [3.8, 4) is 0 Å². The molecule has 0 aliphatic rings. The van der Waals surface area contributed by atoms with Crippen molar-refractivity contribution in [1.29, 1.82) is 0 Å². The van der Waals surface area contributed by atoms with Crippen LogP contribution in [0.4, 0.5) is 3.89 Å². The van der Waals surface area contributed by atoms with Crippen LogP contribution in [-0.2, 0) is 14.8 Å². The van der Waals surface area contributed by atoms with Gasteiger partial charge in [-0.15, -0.1) is 3.89 Å². The zero-order valence-electron chi connectivity index (χ0n) is 7.77. The molecule has 0 saturated carbocycles. The fraction of sp³-hybridized carbons (Fsp3) is 0.250. The first-order chi connectivity index (χ1) is 6.21. The molecule has 0 atom stereocenters. The Balaban J connectivity index is 3.36. The Morgan fingerprint density at radius 3 is 2.29 bits per heavy atom. The summed E-state index contributed by atoms with van der Waals surface area (Å²) in [6, 6.07) is 5.14. The number of hydrogen-bond donors (Lipinski definition) is 0. The lowest BCUT2D eigenvalue weighted by Gasteiger charge is -2.06. The molecular weight excluding hydrogens is 226 g/mol. The molecule has 0 heterocycles. The molecule has 3 nitrogen and oxygen atoms in total. The van der Waals surface area contributed by atoms with Gasteiger partial charge in [0.25, 0.3) is 0 Å². The number of rotatable bonds is 2. The highest BCUT2D eigenvalue weighted by atomic mass is 32.3. The first kappa shape index (κ1) is 11.4. The predicted octanol–water partition coefficient (Wildman–Crippen LogP) is 1.59. The van der Waals surface area contributed by atoms with E-state index in [1.54, 1.807) is 0 Å². The smallest absolute Gasteiger partial charge is 0.319 e. The molecule has 0 saturated heterocycles. The van der Waals surface area contributed by atoms with E-state index in [2.05, 4.69) is 0 Å². The minimum atomic E-state index is -4.71. The van der Waals surface area contributed by atoms with Crippen LogP contribution in [-0.4, -0.2) is 21.7 Å². The molecule has 14 heavy (non-hydrogen) atoms. The Labute approximate surface area is 82.5 Å². The molecule has 0 unspecified atom stereocenters. The van der Waals surface area contributed by atoms with Gasteiger partial charge in [0, 0.05) is 5.30 Å². The first-order valence-corrected chi connectivity index (χ1v) is 7.80. The van der Waals surface area contributed by atoms with Gasteiger partial charge in [0.2, 0.25) is 0 Å². The van der Waals surface area contributed by atoms with Gasteiger partial charge in [0.15, 0.2) is 0 Å². The molecule has 0 aliphatic heterocycles. The highest BCUT2D eigenvalue weighted by molar-refractivity contribution is 7.86. The van der Waals surface area contributed by atoms with Gasteiger partial charge in [0.1, 0.15) is 7.14 Å². The second kappa shape index (κ2) is 3.48. The Morgan fingerprint density at radius 1 is 1.29 bits per heavy atom. The minimum Gasteiger partial charge on any atom is -0.319 e. The van der Waals surface area contributed by atoms with Gasteiger partial charge in [-0.2, -0.15) is 8.42 Å². The van der Waals surface area contributed by atoms with Gasteiger partial charge < -0.3 is 4.57 Å². The maximum absolute atomic E-state index is 12.6. The molecule has 6 heteroatoms. The molecule has 0 amide bonds. The van der Waals surface area contributed by atoms with Crippen LogP contribution in [0.25, 0.3) is 0 Å². The van der Waals surface area contributed by atoms with Crippen molar-refractivity contribution in [3.63, 3.8) is 0 Å². The Morgan fingerprint density at radius 2 is 1.86 bits per heavy atom. The zero-order valence-corrected chi connectivity index (χ0v) is 9.48. The van der Waals surface area contributed by atoms with Crippen LogP contribution < -0.4 is 5.30 Å². The van der Waals surface area contributed by atoms with Crippen molar-refractivity contribution in [2.24, 2.45) is 0 Å². The van der Waals surface area contributed by atoms with Crippen LogP contribution in [0.15, 0.2) is 29.2 Å². The van der Waals surface area contributed by atoms with Gasteiger partial charge in [-0.1, -0.05) is 12.1 Å². The molecule has 0 radical (unpaired) electrons. The quantitative estimate of drug-likeness (QED) is 0.578. The molecule has 0 N–H and O–H groups in total. The van der Waals surface area contributed by atoms with Crippen LogP contribution in [0, 0.1) is 0 Å². The van der Waals surface area contributed by atoms with Crippen molar-refractivity contribution < 1.29 is 16.9 Å². The Kier molecular flexibility index (Phi) is 2.83. The van der Waals surface area contributed by atoms with E-state index in [4.69, 9.17) is 0 Å². The minimum absolute atomic E-state index is 0.358. The molecule has 1 aromatic carbocycles. The lowest BCUT2D eigenvalue weighted by Crippen LogP contribution is -2.05. The predicted molar refractivity (Wildman–Crippen MR) is 53.8 cm³/mol. The SMILES string of the molecule is CP(C)(=O)c1cccc(S(=O)(=O)F)c1. The van der Waals surface area contributed by atoms with E-state index in [1.165, 1.54) is 25.5 Å². The van der Waals surface area contributed by atoms with Crippen molar-refractivity contribution in [3.05, 3.63) is 24.3 Å². The summed E-state index contributed by atoms with van der Waals surface area (Å²) in [5.74, 6) is 0. The number of benzene rings is 1. The maximum atomic E-state index is 12.6. The van der Waals surface area contributed by atoms with Crippen molar-refractivity contribution in [1.82, 2.24) is 0 Å². The fourth-order valence-electron chi connectivity index (χ4n) is 0.970.